The third-order valence-corrected chi connectivity index (χ3v) is 11.8. The molecule has 0 radical (unpaired) electrons. The van der Waals surface area contributed by atoms with Crippen LogP contribution in [-0.2, 0) is 19.1 Å². The fourth-order valence-corrected chi connectivity index (χ4v) is 8.71. The normalized spacial score (nSPS) is 19.3. The van der Waals surface area contributed by atoms with Gasteiger partial charge in [0.2, 0.25) is 17.7 Å². The first-order valence-corrected chi connectivity index (χ1v) is 21.0. The maximum absolute atomic E-state index is 14.1. The van der Waals surface area contributed by atoms with E-state index in [1.807, 2.05) is 40.9 Å². The average Bonchev–Trinajstić information content (AvgIpc) is 4.00. The molecule has 5 aromatic rings. The second kappa shape index (κ2) is 17.7. The first-order chi connectivity index (χ1) is 30.2. The molecule has 17 nitrogen and oxygen atoms in total. The molecule has 0 spiro atoms. The third-order valence-electron chi connectivity index (χ3n) is 11.8. The Kier molecular flexibility index (Phi) is 11.6. The van der Waals surface area contributed by atoms with Gasteiger partial charge in [-0.1, -0.05) is 24.3 Å². The van der Waals surface area contributed by atoms with Crippen molar-refractivity contribution in [1.29, 1.82) is 0 Å². The van der Waals surface area contributed by atoms with E-state index in [0.717, 1.165) is 52.9 Å². The number of anilines is 3. The number of rotatable bonds is 14. The summed E-state index contributed by atoms with van der Waals surface area (Å²) in [7, 11) is 0. The van der Waals surface area contributed by atoms with E-state index in [9.17, 15) is 28.4 Å². The Morgan fingerprint density at radius 3 is 2.52 bits per heavy atom. The molecule has 5 amide bonds. The lowest BCUT2D eigenvalue weighted by Crippen LogP contribution is -2.54. The monoisotopic (exact) mass is 843 g/mol. The van der Waals surface area contributed by atoms with Crippen molar-refractivity contribution in [3.8, 4) is 11.4 Å². The smallest absolute Gasteiger partial charge is 0.264 e. The van der Waals surface area contributed by atoms with E-state index in [1.54, 1.807) is 36.5 Å². The van der Waals surface area contributed by atoms with Gasteiger partial charge in [-0.25, -0.2) is 18.9 Å². The number of hydrogen-bond acceptors (Lipinski definition) is 13. The molecule has 9 rings (SSSR count). The lowest BCUT2D eigenvalue weighted by molar-refractivity contribution is -0.136. The topological polar surface area (TPSA) is 187 Å². The Labute approximate surface area is 356 Å². The summed E-state index contributed by atoms with van der Waals surface area (Å²) in [5, 5.41) is 13.3. The highest BCUT2D eigenvalue weighted by molar-refractivity contribution is 6.25. The van der Waals surface area contributed by atoms with Crippen LogP contribution in [0.25, 0.3) is 17.0 Å². The second-order valence-electron chi connectivity index (χ2n) is 15.7. The van der Waals surface area contributed by atoms with E-state index in [1.165, 1.54) is 6.07 Å². The number of imide groups is 2. The van der Waals surface area contributed by atoms with Gasteiger partial charge in [-0.15, -0.1) is 5.10 Å². The molecule has 2 unspecified atom stereocenters. The van der Waals surface area contributed by atoms with Crippen LogP contribution in [0.4, 0.5) is 21.7 Å². The molecule has 4 aliphatic heterocycles. The molecule has 2 aromatic carbocycles. The van der Waals surface area contributed by atoms with E-state index >= 15 is 0 Å². The predicted molar refractivity (Wildman–Crippen MR) is 226 cm³/mol. The number of benzene rings is 2. The van der Waals surface area contributed by atoms with Crippen molar-refractivity contribution in [1.82, 2.24) is 40.0 Å². The summed E-state index contributed by atoms with van der Waals surface area (Å²) in [5.41, 5.74) is 4.00. The number of nitrogens with zero attached hydrogens (tertiary/aromatic N) is 8. The number of ether oxygens (including phenoxy) is 1. The number of halogens is 1. The molecule has 320 valence electrons. The molecule has 3 saturated heterocycles. The van der Waals surface area contributed by atoms with Gasteiger partial charge in [-0.05, 0) is 73.4 Å². The molecule has 7 heterocycles. The maximum Gasteiger partial charge on any atom is 0.264 e. The van der Waals surface area contributed by atoms with Crippen LogP contribution in [-0.4, -0.2) is 131 Å². The number of imidazole rings is 1. The first-order valence-electron chi connectivity index (χ1n) is 21.0. The highest BCUT2D eigenvalue weighted by Crippen LogP contribution is 2.36. The molecule has 0 bridgehead atoms. The van der Waals surface area contributed by atoms with Gasteiger partial charge in [0.05, 0.1) is 48.8 Å². The molecular formula is C44H46FN11O6. The number of piperazine rings is 1. The fourth-order valence-electron chi connectivity index (χ4n) is 8.71. The summed E-state index contributed by atoms with van der Waals surface area (Å²) < 4.78 is 21.6. The highest BCUT2D eigenvalue weighted by Gasteiger charge is 2.45. The van der Waals surface area contributed by atoms with Gasteiger partial charge >= 0.3 is 0 Å². The van der Waals surface area contributed by atoms with Crippen LogP contribution in [0.5, 0.6) is 0 Å². The number of carbonyl (C=O) groups excluding carboxylic acids is 5. The molecule has 0 saturated carbocycles. The largest absolute Gasteiger partial charge is 0.382 e. The van der Waals surface area contributed by atoms with Gasteiger partial charge in [0.25, 0.3) is 11.8 Å². The van der Waals surface area contributed by atoms with Crippen molar-refractivity contribution in [2.75, 3.05) is 80.7 Å². The molecule has 2 atom stereocenters. The second-order valence-corrected chi connectivity index (χ2v) is 15.7. The van der Waals surface area contributed by atoms with Crippen LogP contribution in [0, 0.1) is 5.82 Å². The van der Waals surface area contributed by atoms with E-state index in [2.05, 4.69) is 35.6 Å². The zero-order chi connectivity index (χ0) is 42.7. The summed E-state index contributed by atoms with van der Waals surface area (Å²) in [6.45, 7) is 5.09. The van der Waals surface area contributed by atoms with Crippen LogP contribution >= 0.6 is 0 Å². The van der Waals surface area contributed by atoms with Crippen molar-refractivity contribution in [2.45, 2.75) is 37.8 Å². The van der Waals surface area contributed by atoms with E-state index in [4.69, 9.17) is 14.8 Å². The minimum absolute atomic E-state index is 0.0427. The SMILES string of the molecule is O=C(CN1CCN(c2cccc(-c3cnc4ccc(N5CCCC5c5cccc(F)c5)nn34)n2)CC1)NCCOCCNc1cccc2c1C(=O)N(C1CCC(=O)NC1=O)C2=O. The Bertz CT molecular complexity index is 2540. The molecule has 3 aromatic heterocycles. The van der Waals surface area contributed by atoms with Crippen molar-refractivity contribution in [3.63, 3.8) is 0 Å². The summed E-state index contributed by atoms with van der Waals surface area (Å²) >= 11 is 0. The molecule has 0 aliphatic carbocycles. The third kappa shape index (κ3) is 8.30. The molecule has 62 heavy (non-hydrogen) atoms. The van der Waals surface area contributed by atoms with Gasteiger partial charge < -0.3 is 25.2 Å². The summed E-state index contributed by atoms with van der Waals surface area (Å²) in [6, 6.07) is 20.5. The lowest BCUT2D eigenvalue weighted by atomic mass is 10.0. The Hall–Kier alpha value is -6.79. The number of carbonyl (C=O) groups is 5. The zero-order valence-electron chi connectivity index (χ0n) is 34.0. The minimum Gasteiger partial charge on any atom is -0.382 e. The van der Waals surface area contributed by atoms with Gasteiger partial charge in [0, 0.05) is 57.9 Å². The maximum atomic E-state index is 14.1. The highest BCUT2D eigenvalue weighted by atomic mass is 19.1. The molecule has 4 aliphatic rings. The number of pyridine rings is 1. The number of nitrogens with one attached hydrogen (secondary N) is 3. The number of hydrogen-bond donors (Lipinski definition) is 3. The molecule has 18 heteroatoms. The lowest BCUT2D eigenvalue weighted by Gasteiger charge is -2.35. The van der Waals surface area contributed by atoms with Gasteiger partial charge in [-0.3, -0.25) is 39.1 Å². The van der Waals surface area contributed by atoms with Crippen molar-refractivity contribution < 1.29 is 33.1 Å². The van der Waals surface area contributed by atoms with Gasteiger partial charge in [-0.2, -0.15) is 0 Å². The van der Waals surface area contributed by atoms with Gasteiger partial charge in [0.15, 0.2) is 5.65 Å². The molecule has 3 N–H and O–H groups in total. The Morgan fingerprint density at radius 2 is 1.68 bits per heavy atom. The number of amides is 5. The Morgan fingerprint density at radius 1 is 0.855 bits per heavy atom. The Balaban J connectivity index is 0.715. The standard InChI is InChI=1S/C44H46FN11O6/c45-29-6-1-5-28(25-29)33-10-4-18-54(33)38-14-13-36-48-26-35(56(36)51-38)31-8-3-11-37(49-31)53-21-19-52(20-22-53)27-40(58)47-17-24-62-23-16-46-32-9-2-7-30-41(32)44(61)55(43(30)60)34-12-15-39(57)50-42(34)59/h1-3,5-9,11,13-14,25-26,33-34,46H,4,10,12,15-24,27H2,(H,47,58)(H,50,57,59). The molecular weight excluding hydrogens is 798 g/mol. The quantitative estimate of drug-likeness (QED) is 0.110. The number of fused-ring (bicyclic) bond motifs is 2. The molecule has 3 fully saturated rings. The van der Waals surface area contributed by atoms with Crippen LogP contribution in [0.2, 0.25) is 0 Å². The summed E-state index contributed by atoms with van der Waals surface area (Å²) in [4.78, 5) is 80.3. The van der Waals surface area contributed by atoms with E-state index < -0.39 is 29.7 Å². The van der Waals surface area contributed by atoms with Crippen LogP contribution < -0.4 is 25.8 Å². The van der Waals surface area contributed by atoms with Crippen LogP contribution in [0.1, 0.15) is 58.0 Å². The van der Waals surface area contributed by atoms with Crippen LogP contribution in [0.3, 0.4) is 0 Å². The van der Waals surface area contributed by atoms with Crippen molar-refractivity contribution in [3.05, 3.63) is 102 Å². The van der Waals surface area contributed by atoms with Crippen molar-refractivity contribution >= 4 is 52.5 Å². The zero-order valence-corrected chi connectivity index (χ0v) is 34.0. The number of piperidine rings is 1. The van der Waals surface area contributed by atoms with E-state index in [-0.39, 0.29) is 61.5 Å². The van der Waals surface area contributed by atoms with E-state index in [0.29, 0.717) is 50.6 Å². The first kappa shape index (κ1) is 40.6. The average molecular weight is 844 g/mol. The van der Waals surface area contributed by atoms with Crippen LogP contribution in [0.15, 0.2) is 79.0 Å². The number of aromatic nitrogens is 4. The van der Waals surface area contributed by atoms with Gasteiger partial charge in [0.1, 0.15) is 29.2 Å². The summed E-state index contributed by atoms with van der Waals surface area (Å²) in [5.74, 6) is -0.935. The predicted octanol–water partition coefficient (Wildman–Crippen LogP) is 3.04. The summed E-state index contributed by atoms with van der Waals surface area (Å²) in [6.07, 6.45) is 3.83. The fraction of sp³-hybridized carbons (Fsp3) is 0.364. The van der Waals surface area contributed by atoms with Crippen molar-refractivity contribution in [2.24, 2.45) is 0 Å². The minimum atomic E-state index is -1.04.